The number of hydrogen-bond acceptors (Lipinski definition) is 4. The van der Waals surface area contributed by atoms with Gasteiger partial charge >= 0.3 is 5.97 Å². The highest BCUT2D eigenvalue weighted by atomic mass is 16.5. The van der Waals surface area contributed by atoms with Crippen molar-refractivity contribution < 1.29 is 19.4 Å². The van der Waals surface area contributed by atoms with Gasteiger partial charge in [-0.2, -0.15) is 0 Å². The number of ketones is 1. The van der Waals surface area contributed by atoms with Crippen molar-refractivity contribution in [1.29, 1.82) is 0 Å². The molecular formula is C14H15NO4. The maximum atomic E-state index is 12.6. The average molecular weight is 261 g/mol. The van der Waals surface area contributed by atoms with Crippen molar-refractivity contribution in [2.24, 2.45) is 0 Å². The Balaban J connectivity index is 2.16. The highest BCUT2D eigenvalue weighted by Crippen LogP contribution is 2.47. The summed E-state index contributed by atoms with van der Waals surface area (Å²) in [4.78, 5) is 24.5. The Kier molecular flexibility index (Phi) is 2.52. The third kappa shape index (κ3) is 1.41. The lowest BCUT2D eigenvalue weighted by Gasteiger charge is -2.45. The number of aromatic nitrogens is 1. The summed E-state index contributed by atoms with van der Waals surface area (Å²) in [5.41, 5.74) is -0.372. The third-order valence-electron chi connectivity index (χ3n) is 4.00. The van der Waals surface area contributed by atoms with Gasteiger partial charge in [0, 0.05) is 6.20 Å². The third-order valence-corrected chi connectivity index (χ3v) is 4.00. The predicted molar refractivity (Wildman–Crippen MR) is 67.4 cm³/mol. The number of aliphatic hydroxyl groups excluding tert-OH is 1. The van der Waals surface area contributed by atoms with Crippen LogP contribution in [-0.2, 0) is 19.9 Å². The molecule has 0 unspecified atom stereocenters. The van der Waals surface area contributed by atoms with Crippen molar-refractivity contribution in [3.05, 3.63) is 29.6 Å². The van der Waals surface area contributed by atoms with Crippen LogP contribution >= 0.6 is 0 Å². The molecule has 1 aromatic rings. The van der Waals surface area contributed by atoms with Gasteiger partial charge in [-0.3, -0.25) is 4.79 Å². The summed E-state index contributed by atoms with van der Waals surface area (Å²) in [6.07, 6.45) is 4.12. The molecule has 1 aromatic heterocycles. The minimum atomic E-state index is -0.733. The molecule has 0 aromatic carbocycles. The van der Waals surface area contributed by atoms with Crippen LogP contribution in [0.25, 0.3) is 5.76 Å². The Hall–Kier alpha value is -2.04. The molecule has 0 atom stereocenters. The van der Waals surface area contributed by atoms with E-state index in [0.717, 1.165) is 6.42 Å². The topological polar surface area (TPSA) is 68.5 Å². The van der Waals surface area contributed by atoms with Gasteiger partial charge in [-0.05, 0) is 38.3 Å². The van der Waals surface area contributed by atoms with Crippen LogP contribution in [0.1, 0.15) is 31.9 Å². The summed E-state index contributed by atoms with van der Waals surface area (Å²) in [7, 11) is 0. The number of nitrogens with zero attached hydrogens (tertiary/aromatic N) is 1. The SMILES string of the molecule is CCOC(=O)C1=C(O)c2cccn2C2(CCC2)C1=O. The number of ether oxygens (including phenoxy) is 1. The molecule has 1 aliphatic carbocycles. The highest BCUT2D eigenvalue weighted by Gasteiger charge is 2.53. The van der Waals surface area contributed by atoms with E-state index in [1.54, 1.807) is 29.8 Å². The molecule has 1 aliphatic heterocycles. The second-order valence-electron chi connectivity index (χ2n) is 4.92. The lowest BCUT2D eigenvalue weighted by atomic mass is 9.69. The fraction of sp³-hybridized carbons (Fsp3) is 0.429. The molecule has 1 N–H and O–H groups in total. The Morgan fingerprint density at radius 3 is 2.84 bits per heavy atom. The van der Waals surface area contributed by atoms with Crippen molar-refractivity contribution in [3.8, 4) is 0 Å². The minimum Gasteiger partial charge on any atom is -0.505 e. The minimum absolute atomic E-state index is 0.177. The van der Waals surface area contributed by atoms with Crippen molar-refractivity contribution in [2.45, 2.75) is 31.7 Å². The number of aliphatic hydroxyl groups is 1. The Morgan fingerprint density at radius 1 is 1.53 bits per heavy atom. The van der Waals surface area contributed by atoms with Gasteiger partial charge < -0.3 is 14.4 Å². The van der Waals surface area contributed by atoms with E-state index in [-0.39, 0.29) is 23.7 Å². The van der Waals surface area contributed by atoms with E-state index >= 15 is 0 Å². The predicted octanol–water partition coefficient (Wildman–Crippen LogP) is 1.78. The molecule has 0 saturated heterocycles. The quantitative estimate of drug-likeness (QED) is 0.651. The molecule has 3 rings (SSSR count). The second-order valence-corrected chi connectivity index (χ2v) is 4.92. The number of carbonyl (C=O) groups excluding carboxylic acids is 2. The van der Waals surface area contributed by atoms with E-state index < -0.39 is 11.5 Å². The first kappa shape index (κ1) is 12.0. The summed E-state index contributed by atoms with van der Waals surface area (Å²) >= 11 is 0. The van der Waals surface area contributed by atoms with Crippen LogP contribution in [0.2, 0.25) is 0 Å². The maximum Gasteiger partial charge on any atom is 0.345 e. The lowest BCUT2D eigenvalue weighted by molar-refractivity contribution is -0.142. The number of Topliss-reactive ketones (excluding diaryl/α,β-unsaturated/α-hetero) is 1. The molecule has 0 radical (unpaired) electrons. The van der Waals surface area contributed by atoms with Crippen LogP contribution in [0.4, 0.5) is 0 Å². The first-order valence-electron chi connectivity index (χ1n) is 6.45. The van der Waals surface area contributed by atoms with E-state index in [1.807, 2.05) is 0 Å². The van der Waals surface area contributed by atoms with Crippen LogP contribution in [0.3, 0.4) is 0 Å². The molecule has 0 amide bonds. The summed E-state index contributed by atoms with van der Waals surface area (Å²) in [6.45, 7) is 1.85. The van der Waals surface area contributed by atoms with E-state index in [9.17, 15) is 14.7 Å². The number of hydrogen-bond donors (Lipinski definition) is 1. The smallest absolute Gasteiger partial charge is 0.345 e. The fourth-order valence-electron chi connectivity index (χ4n) is 2.90. The molecule has 2 heterocycles. The van der Waals surface area contributed by atoms with E-state index in [0.29, 0.717) is 18.5 Å². The molecule has 1 saturated carbocycles. The summed E-state index contributed by atoms with van der Waals surface area (Å²) in [5, 5.41) is 10.2. The summed E-state index contributed by atoms with van der Waals surface area (Å²) in [5.74, 6) is -1.33. The average Bonchev–Trinajstić information content (AvgIpc) is 2.77. The second kappa shape index (κ2) is 3.98. The van der Waals surface area contributed by atoms with Crippen LogP contribution in [0, 0.1) is 0 Å². The van der Waals surface area contributed by atoms with Crippen LogP contribution in [-0.4, -0.2) is 28.0 Å². The zero-order valence-electron chi connectivity index (χ0n) is 10.7. The Labute approximate surface area is 110 Å². The van der Waals surface area contributed by atoms with Crippen molar-refractivity contribution >= 4 is 17.5 Å². The molecule has 5 nitrogen and oxygen atoms in total. The number of carbonyl (C=O) groups is 2. The van der Waals surface area contributed by atoms with Gasteiger partial charge in [0.05, 0.1) is 12.3 Å². The van der Waals surface area contributed by atoms with Gasteiger partial charge in [0.15, 0.2) is 11.5 Å². The highest BCUT2D eigenvalue weighted by molar-refractivity contribution is 6.25. The molecular weight excluding hydrogens is 246 g/mol. The Bertz CT molecular complexity index is 592. The molecule has 100 valence electrons. The largest absolute Gasteiger partial charge is 0.505 e. The van der Waals surface area contributed by atoms with Gasteiger partial charge in [-0.25, -0.2) is 4.79 Å². The van der Waals surface area contributed by atoms with Crippen LogP contribution < -0.4 is 0 Å². The summed E-state index contributed by atoms with van der Waals surface area (Å²) < 4.78 is 6.68. The van der Waals surface area contributed by atoms with Crippen molar-refractivity contribution in [3.63, 3.8) is 0 Å². The summed E-state index contributed by atoms with van der Waals surface area (Å²) in [6, 6.07) is 3.48. The van der Waals surface area contributed by atoms with Gasteiger partial charge in [0.2, 0.25) is 0 Å². The van der Waals surface area contributed by atoms with Crippen molar-refractivity contribution in [1.82, 2.24) is 4.57 Å². The normalized spacial score (nSPS) is 20.2. The maximum absolute atomic E-state index is 12.6. The molecule has 19 heavy (non-hydrogen) atoms. The van der Waals surface area contributed by atoms with E-state index in [1.165, 1.54) is 0 Å². The van der Waals surface area contributed by atoms with E-state index in [2.05, 4.69) is 0 Å². The molecule has 0 bridgehead atoms. The molecule has 1 spiro atoms. The number of rotatable bonds is 2. The standard InChI is InChI=1S/C14H15NO4/c1-2-19-13(18)10-11(16)9-5-3-8-15(9)14(12(10)17)6-4-7-14/h3,5,8,16H,2,4,6-7H2,1H3. The zero-order chi connectivity index (χ0) is 13.6. The number of fused-ring (bicyclic) bond motifs is 2. The molecule has 5 heteroatoms. The van der Waals surface area contributed by atoms with Crippen LogP contribution in [0.15, 0.2) is 23.9 Å². The molecule has 2 aliphatic rings. The van der Waals surface area contributed by atoms with Crippen molar-refractivity contribution in [2.75, 3.05) is 6.61 Å². The van der Waals surface area contributed by atoms with Gasteiger partial charge in [-0.15, -0.1) is 0 Å². The zero-order valence-corrected chi connectivity index (χ0v) is 10.7. The van der Waals surface area contributed by atoms with Crippen LogP contribution in [0.5, 0.6) is 0 Å². The van der Waals surface area contributed by atoms with Gasteiger partial charge in [0.1, 0.15) is 11.1 Å². The lowest BCUT2D eigenvalue weighted by Crippen LogP contribution is -2.52. The first-order valence-corrected chi connectivity index (χ1v) is 6.45. The van der Waals surface area contributed by atoms with E-state index in [4.69, 9.17) is 4.74 Å². The first-order chi connectivity index (χ1) is 9.12. The van der Waals surface area contributed by atoms with Gasteiger partial charge in [-0.1, -0.05) is 0 Å². The monoisotopic (exact) mass is 261 g/mol. The molecule has 1 fully saturated rings. The van der Waals surface area contributed by atoms with Gasteiger partial charge in [0.25, 0.3) is 0 Å². The fourth-order valence-corrected chi connectivity index (χ4v) is 2.90. The number of esters is 1. The Morgan fingerprint density at radius 2 is 2.26 bits per heavy atom.